The molecule has 0 radical (unpaired) electrons. The number of allylic oxidation sites excluding steroid dienone is 4. The first-order chi connectivity index (χ1) is 14.9. The highest BCUT2D eigenvalue weighted by molar-refractivity contribution is 9.10. The molecule has 3 aromatic rings. The summed E-state index contributed by atoms with van der Waals surface area (Å²) in [6.07, 6.45) is 5.66. The molecule has 0 unspecified atom stereocenters. The van der Waals surface area contributed by atoms with Crippen molar-refractivity contribution in [2.45, 2.75) is 19.9 Å². The van der Waals surface area contributed by atoms with Gasteiger partial charge in [-0.2, -0.15) is 10.2 Å². The molecule has 0 atom stereocenters. The quantitative estimate of drug-likeness (QED) is 0.314. The van der Waals surface area contributed by atoms with Crippen molar-refractivity contribution in [2.24, 2.45) is 0 Å². The summed E-state index contributed by atoms with van der Waals surface area (Å²) in [7, 11) is 3.09. The lowest BCUT2D eigenvalue weighted by Crippen LogP contribution is -2.16. The monoisotopic (exact) mass is 487 g/mol. The number of rotatable bonds is 9. The number of ether oxygens (including phenoxy) is 2. The van der Waals surface area contributed by atoms with E-state index in [-0.39, 0.29) is 12.4 Å². The summed E-state index contributed by atoms with van der Waals surface area (Å²) < 4.78 is 28.0. The van der Waals surface area contributed by atoms with Gasteiger partial charge in [0.2, 0.25) is 11.5 Å². The van der Waals surface area contributed by atoms with E-state index in [2.05, 4.69) is 44.2 Å². The van der Waals surface area contributed by atoms with Crippen molar-refractivity contribution < 1.29 is 14.0 Å². The average molecular weight is 488 g/mol. The lowest BCUT2D eigenvalue weighted by atomic mass is 10.1. The predicted octanol–water partition coefficient (Wildman–Crippen LogP) is 4.94. The van der Waals surface area contributed by atoms with E-state index in [1.807, 2.05) is 13.0 Å². The topological polar surface area (TPSA) is 64.8 Å². The van der Waals surface area contributed by atoms with Crippen LogP contribution < -0.4 is 14.6 Å². The average Bonchev–Trinajstić information content (AvgIpc) is 3.20. The summed E-state index contributed by atoms with van der Waals surface area (Å²) in [5, 5.41) is 5.05. The Labute approximate surface area is 188 Å². The number of aromatic nitrogens is 4. The minimum atomic E-state index is -0.0954. The fourth-order valence-corrected chi connectivity index (χ4v) is 3.36. The van der Waals surface area contributed by atoms with Crippen LogP contribution >= 0.6 is 15.9 Å². The van der Waals surface area contributed by atoms with Crippen molar-refractivity contribution in [3.8, 4) is 11.5 Å². The Bertz CT molecular complexity index is 1160. The third kappa shape index (κ3) is 4.77. The third-order valence-electron chi connectivity index (χ3n) is 4.66. The first kappa shape index (κ1) is 22.5. The van der Waals surface area contributed by atoms with Gasteiger partial charge in [-0.25, -0.2) is 14.5 Å². The maximum absolute atomic E-state index is 15.4. The van der Waals surface area contributed by atoms with E-state index in [0.29, 0.717) is 50.4 Å². The summed E-state index contributed by atoms with van der Waals surface area (Å²) in [6, 6.07) is 5.20. The lowest BCUT2D eigenvalue weighted by molar-refractivity contribution is 0.381. The highest BCUT2D eigenvalue weighted by atomic mass is 79.9. The molecule has 2 aromatic heterocycles. The summed E-state index contributed by atoms with van der Waals surface area (Å²) in [5.41, 5.74) is 2.55. The molecule has 3 rings (SSSR count). The Morgan fingerprint density at radius 3 is 2.68 bits per heavy atom. The molecule has 0 amide bonds. The minimum absolute atomic E-state index is 0.0435. The third-order valence-corrected chi connectivity index (χ3v) is 5.41. The summed E-state index contributed by atoms with van der Waals surface area (Å²) in [4.78, 5) is 8.89. The number of halogens is 2. The second-order valence-corrected chi connectivity index (χ2v) is 7.38. The zero-order valence-electron chi connectivity index (χ0n) is 17.6. The number of hydrogen-bond donors (Lipinski definition) is 0. The molecule has 9 heteroatoms. The van der Waals surface area contributed by atoms with E-state index in [4.69, 9.17) is 9.47 Å². The summed E-state index contributed by atoms with van der Waals surface area (Å²) in [6.45, 7) is 9.23. The molecule has 162 valence electrons. The number of benzene rings is 1. The fraction of sp³-hybridized carbons (Fsp3) is 0.227. The molecular weight excluding hydrogens is 465 g/mol. The molecule has 0 bridgehead atoms. The Morgan fingerprint density at radius 1 is 1.26 bits per heavy atom. The molecule has 0 saturated heterocycles. The Hall–Kier alpha value is -3.20. The van der Waals surface area contributed by atoms with Gasteiger partial charge in [-0.15, -0.1) is 0 Å². The van der Waals surface area contributed by atoms with Gasteiger partial charge in [-0.05, 0) is 40.6 Å². The largest absolute Gasteiger partial charge is 0.497 e. The van der Waals surface area contributed by atoms with Crippen molar-refractivity contribution >= 4 is 27.4 Å². The van der Waals surface area contributed by atoms with Crippen molar-refractivity contribution in [3.63, 3.8) is 0 Å². The van der Waals surface area contributed by atoms with Crippen LogP contribution in [0.2, 0.25) is 0 Å². The molecule has 0 aliphatic carbocycles. The highest BCUT2D eigenvalue weighted by Crippen LogP contribution is 2.30. The second-order valence-electron chi connectivity index (χ2n) is 6.63. The number of anilines is 1. The van der Waals surface area contributed by atoms with Gasteiger partial charge in [-0.1, -0.05) is 35.9 Å². The van der Waals surface area contributed by atoms with Crippen LogP contribution in [0.25, 0.3) is 5.65 Å². The Balaban J connectivity index is 2.01. The van der Waals surface area contributed by atoms with Gasteiger partial charge < -0.3 is 9.47 Å². The van der Waals surface area contributed by atoms with Crippen LogP contribution in [0.1, 0.15) is 17.1 Å². The van der Waals surface area contributed by atoms with Gasteiger partial charge in [0.15, 0.2) is 5.82 Å². The standard InChI is InChI=1S/C22H23BrFN5O2/c1-6-8-15(7-2)11-19-25-22-21(26-20(23)14(3)29(22)27-19)28(24)13-16-9-10-17(30-4)12-18(16)31-5/h6-10,12H,1-2,11,13H2,3-5H3/b15-8+. The van der Waals surface area contributed by atoms with E-state index in [1.165, 1.54) is 7.11 Å². The maximum atomic E-state index is 15.4. The predicted molar refractivity (Wildman–Crippen MR) is 122 cm³/mol. The summed E-state index contributed by atoms with van der Waals surface area (Å²) >= 11 is 3.39. The number of hydrogen-bond acceptors (Lipinski definition) is 6. The van der Waals surface area contributed by atoms with Crippen LogP contribution in [-0.2, 0) is 13.0 Å². The molecule has 0 aliphatic rings. The van der Waals surface area contributed by atoms with Crippen molar-refractivity contribution in [1.82, 2.24) is 19.6 Å². The van der Waals surface area contributed by atoms with Crippen LogP contribution in [0, 0.1) is 6.92 Å². The molecule has 0 saturated carbocycles. The normalized spacial score (nSPS) is 11.5. The van der Waals surface area contributed by atoms with Crippen LogP contribution in [-0.4, -0.2) is 33.8 Å². The zero-order chi connectivity index (χ0) is 22.5. The minimum Gasteiger partial charge on any atom is -0.497 e. The number of nitrogens with zero attached hydrogens (tertiary/aromatic N) is 5. The number of methoxy groups -OCH3 is 2. The molecule has 0 spiro atoms. The van der Waals surface area contributed by atoms with E-state index < -0.39 is 0 Å². The molecule has 7 nitrogen and oxygen atoms in total. The van der Waals surface area contributed by atoms with Gasteiger partial charge in [0.05, 0.1) is 26.5 Å². The van der Waals surface area contributed by atoms with Gasteiger partial charge >= 0.3 is 0 Å². The van der Waals surface area contributed by atoms with Crippen LogP contribution in [0.3, 0.4) is 0 Å². The van der Waals surface area contributed by atoms with E-state index >= 15 is 4.48 Å². The van der Waals surface area contributed by atoms with Crippen LogP contribution in [0.4, 0.5) is 10.3 Å². The van der Waals surface area contributed by atoms with Gasteiger partial charge in [0.25, 0.3) is 0 Å². The first-order valence-electron chi connectivity index (χ1n) is 9.41. The van der Waals surface area contributed by atoms with E-state index in [1.54, 1.807) is 42.0 Å². The molecule has 0 fully saturated rings. The fourth-order valence-electron chi connectivity index (χ4n) is 3.02. The molecule has 0 aliphatic heterocycles. The van der Waals surface area contributed by atoms with Gasteiger partial charge in [0, 0.05) is 18.1 Å². The van der Waals surface area contributed by atoms with Gasteiger partial charge in [0.1, 0.15) is 16.1 Å². The number of fused-ring (bicyclic) bond motifs is 1. The number of aryl methyl sites for hydroxylation is 1. The Kier molecular flexibility index (Phi) is 7.06. The first-order valence-corrected chi connectivity index (χ1v) is 10.2. The van der Waals surface area contributed by atoms with Crippen molar-refractivity contribution in [1.29, 1.82) is 0 Å². The maximum Gasteiger partial charge on any atom is 0.204 e. The SMILES string of the molecule is C=C/C=C(\C=C)Cc1nc2c(N(F)Cc3ccc(OC)cc3OC)nc(Br)c(C)n2n1. The summed E-state index contributed by atoms with van der Waals surface area (Å²) in [5.74, 6) is 1.70. The smallest absolute Gasteiger partial charge is 0.204 e. The second kappa shape index (κ2) is 9.74. The highest BCUT2D eigenvalue weighted by Gasteiger charge is 2.21. The van der Waals surface area contributed by atoms with Crippen LogP contribution in [0.15, 0.2) is 59.8 Å². The molecule has 31 heavy (non-hydrogen) atoms. The lowest BCUT2D eigenvalue weighted by Gasteiger charge is -2.17. The molecular formula is C22H23BrFN5O2. The van der Waals surface area contributed by atoms with Crippen LogP contribution in [0.5, 0.6) is 11.5 Å². The van der Waals surface area contributed by atoms with Gasteiger partial charge in [-0.3, -0.25) is 0 Å². The Morgan fingerprint density at radius 2 is 2.03 bits per heavy atom. The van der Waals surface area contributed by atoms with E-state index in [9.17, 15) is 0 Å². The molecule has 0 N–H and O–H groups in total. The molecule has 2 heterocycles. The van der Waals surface area contributed by atoms with E-state index in [0.717, 1.165) is 5.57 Å². The molecule has 1 aromatic carbocycles. The van der Waals surface area contributed by atoms with Crippen molar-refractivity contribution in [3.05, 3.63) is 76.8 Å². The van der Waals surface area contributed by atoms with Crippen molar-refractivity contribution in [2.75, 3.05) is 19.3 Å². The zero-order valence-corrected chi connectivity index (χ0v) is 19.2.